The maximum atomic E-state index is 5.11. The van der Waals surface area contributed by atoms with Crippen molar-refractivity contribution in [1.29, 1.82) is 0 Å². The van der Waals surface area contributed by atoms with Gasteiger partial charge in [0.15, 0.2) is 0 Å². The molecule has 2 aromatic heterocycles. The van der Waals surface area contributed by atoms with Crippen LogP contribution in [0.4, 0.5) is 5.95 Å². The zero-order chi connectivity index (χ0) is 15.2. The Balaban J connectivity index is 2.01. The Bertz CT molecular complexity index is 573. The average molecular weight is 291 g/mol. The predicted octanol–water partition coefficient (Wildman–Crippen LogP) is 2.14. The lowest BCUT2D eigenvalue weighted by Gasteiger charge is -2.09. The number of methoxy groups -OCH3 is 1. The van der Waals surface area contributed by atoms with Crippen molar-refractivity contribution in [3.63, 3.8) is 0 Å². The van der Waals surface area contributed by atoms with Gasteiger partial charge >= 0.3 is 0 Å². The predicted molar refractivity (Wildman–Crippen MR) is 83.4 cm³/mol. The molecule has 0 atom stereocenters. The monoisotopic (exact) mass is 291 g/mol. The number of aromatic nitrogens is 4. The van der Waals surface area contributed by atoms with Crippen molar-refractivity contribution in [3.05, 3.63) is 29.3 Å². The summed E-state index contributed by atoms with van der Waals surface area (Å²) in [5, 5.41) is 7.89. The van der Waals surface area contributed by atoms with Crippen molar-refractivity contribution in [1.82, 2.24) is 19.3 Å². The molecule has 0 aromatic carbocycles. The quantitative estimate of drug-likeness (QED) is 0.757. The Morgan fingerprint density at radius 1 is 1.33 bits per heavy atom. The first-order valence-electron chi connectivity index (χ1n) is 7.42. The van der Waals surface area contributed by atoms with E-state index < -0.39 is 0 Å². The van der Waals surface area contributed by atoms with Gasteiger partial charge in [-0.25, -0.2) is 4.98 Å². The number of rotatable bonds is 8. The fraction of sp³-hybridized carbons (Fsp3) is 0.600. The smallest absolute Gasteiger partial charge is 0.203 e. The first-order valence-corrected chi connectivity index (χ1v) is 7.42. The molecule has 0 saturated carbocycles. The molecule has 6 heteroatoms. The van der Waals surface area contributed by atoms with E-state index in [9.17, 15) is 0 Å². The zero-order valence-corrected chi connectivity index (χ0v) is 13.4. The van der Waals surface area contributed by atoms with Crippen molar-refractivity contribution in [2.24, 2.45) is 7.05 Å². The summed E-state index contributed by atoms with van der Waals surface area (Å²) in [5.74, 6) is 0.912. The lowest BCUT2D eigenvalue weighted by atomic mass is 10.2. The fourth-order valence-electron chi connectivity index (χ4n) is 2.44. The molecule has 1 N–H and O–H groups in total. The van der Waals surface area contributed by atoms with Crippen LogP contribution in [0.3, 0.4) is 0 Å². The number of nitrogens with zero attached hydrogens (tertiary/aromatic N) is 4. The third-order valence-corrected chi connectivity index (χ3v) is 3.41. The van der Waals surface area contributed by atoms with Crippen LogP contribution in [0.1, 0.15) is 30.3 Å². The SMILES string of the molecule is CCc1nn(C)cc1CNc1nc(C)cn1CCCOC. The van der Waals surface area contributed by atoms with Crippen LogP contribution < -0.4 is 5.32 Å². The van der Waals surface area contributed by atoms with Crippen LogP contribution in [-0.4, -0.2) is 33.0 Å². The zero-order valence-electron chi connectivity index (χ0n) is 13.4. The van der Waals surface area contributed by atoms with Crippen molar-refractivity contribution in [2.45, 2.75) is 39.8 Å². The molecule has 0 amide bonds. The molecular formula is C15H25N5O. The number of anilines is 1. The third kappa shape index (κ3) is 4.07. The van der Waals surface area contributed by atoms with Gasteiger partial charge in [0, 0.05) is 51.8 Å². The second-order valence-electron chi connectivity index (χ2n) is 5.23. The van der Waals surface area contributed by atoms with E-state index in [4.69, 9.17) is 4.74 Å². The molecule has 21 heavy (non-hydrogen) atoms. The van der Waals surface area contributed by atoms with Gasteiger partial charge in [-0.2, -0.15) is 5.10 Å². The van der Waals surface area contributed by atoms with Crippen LogP contribution in [0.5, 0.6) is 0 Å². The first kappa shape index (κ1) is 15.6. The van der Waals surface area contributed by atoms with Gasteiger partial charge in [-0.1, -0.05) is 6.92 Å². The summed E-state index contributed by atoms with van der Waals surface area (Å²) in [5.41, 5.74) is 3.39. The minimum absolute atomic E-state index is 0.748. The highest BCUT2D eigenvalue weighted by Gasteiger charge is 2.09. The Morgan fingerprint density at radius 2 is 2.14 bits per heavy atom. The number of ether oxygens (including phenoxy) is 1. The summed E-state index contributed by atoms with van der Waals surface area (Å²) in [6.45, 7) is 6.56. The summed E-state index contributed by atoms with van der Waals surface area (Å²) in [7, 11) is 3.69. The van der Waals surface area contributed by atoms with E-state index in [0.29, 0.717) is 0 Å². The molecule has 0 fully saturated rings. The van der Waals surface area contributed by atoms with E-state index in [2.05, 4.69) is 39.3 Å². The van der Waals surface area contributed by atoms with Crippen molar-refractivity contribution >= 4 is 5.95 Å². The standard InChI is InChI=1S/C15H25N5O/c1-5-14-13(11-19(3)18-14)9-16-15-17-12(2)10-20(15)7-6-8-21-4/h10-11H,5-9H2,1-4H3,(H,16,17). The molecule has 0 aliphatic rings. The Labute approximate surface area is 126 Å². The van der Waals surface area contributed by atoms with E-state index in [-0.39, 0.29) is 0 Å². The van der Waals surface area contributed by atoms with Crippen LogP contribution in [-0.2, 0) is 31.3 Å². The Morgan fingerprint density at radius 3 is 2.86 bits per heavy atom. The minimum Gasteiger partial charge on any atom is -0.385 e. The van der Waals surface area contributed by atoms with Gasteiger partial charge < -0.3 is 14.6 Å². The molecule has 0 radical (unpaired) electrons. The maximum Gasteiger partial charge on any atom is 0.203 e. The van der Waals surface area contributed by atoms with Crippen LogP contribution >= 0.6 is 0 Å². The van der Waals surface area contributed by atoms with E-state index in [1.165, 1.54) is 5.56 Å². The summed E-state index contributed by atoms with van der Waals surface area (Å²) < 4.78 is 9.12. The van der Waals surface area contributed by atoms with Gasteiger partial charge in [-0.05, 0) is 19.8 Å². The molecular weight excluding hydrogens is 266 g/mol. The highest BCUT2D eigenvalue weighted by atomic mass is 16.5. The molecule has 0 bridgehead atoms. The van der Waals surface area contributed by atoms with Crippen molar-refractivity contribution in [2.75, 3.05) is 19.0 Å². The fourth-order valence-corrected chi connectivity index (χ4v) is 2.44. The van der Waals surface area contributed by atoms with Gasteiger partial charge in [-0.3, -0.25) is 4.68 Å². The van der Waals surface area contributed by atoms with Crippen LogP contribution in [0.15, 0.2) is 12.4 Å². The molecule has 0 aliphatic heterocycles. The summed E-state index contributed by atoms with van der Waals surface area (Å²) >= 11 is 0. The molecule has 0 saturated heterocycles. The highest BCUT2D eigenvalue weighted by Crippen LogP contribution is 2.13. The molecule has 6 nitrogen and oxygen atoms in total. The highest BCUT2D eigenvalue weighted by molar-refractivity contribution is 5.31. The van der Waals surface area contributed by atoms with Gasteiger partial charge in [0.2, 0.25) is 5.95 Å². The van der Waals surface area contributed by atoms with Gasteiger partial charge in [0.1, 0.15) is 0 Å². The number of aryl methyl sites for hydroxylation is 4. The second kappa shape index (κ2) is 7.26. The Kier molecular flexibility index (Phi) is 5.38. The first-order chi connectivity index (χ1) is 10.1. The van der Waals surface area contributed by atoms with Gasteiger partial charge in [-0.15, -0.1) is 0 Å². The third-order valence-electron chi connectivity index (χ3n) is 3.41. The lowest BCUT2D eigenvalue weighted by molar-refractivity contribution is 0.190. The van der Waals surface area contributed by atoms with Crippen LogP contribution in [0, 0.1) is 6.92 Å². The molecule has 2 rings (SSSR count). The molecule has 0 spiro atoms. The van der Waals surface area contributed by atoms with E-state index in [1.807, 2.05) is 18.7 Å². The van der Waals surface area contributed by atoms with E-state index in [1.54, 1.807) is 7.11 Å². The van der Waals surface area contributed by atoms with E-state index in [0.717, 1.165) is 49.9 Å². The average Bonchev–Trinajstić information content (AvgIpc) is 2.99. The minimum atomic E-state index is 0.748. The number of nitrogens with one attached hydrogen (secondary N) is 1. The topological polar surface area (TPSA) is 56.9 Å². The summed E-state index contributed by atoms with van der Waals surface area (Å²) in [4.78, 5) is 4.55. The molecule has 116 valence electrons. The normalized spacial score (nSPS) is 11.0. The van der Waals surface area contributed by atoms with Crippen molar-refractivity contribution < 1.29 is 4.74 Å². The largest absolute Gasteiger partial charge is 0.385 e. The van der Waals surface area contributed by atoms with E-state index >= 15 is 0 Å². The number of hydrogen-bond acceptors (Lipinski definition) is 4. The molecule has 0 aliphatic carbocycles. The van der Waals surface area contributed by atoms with Crippen LogP contribution in [0.25, 0.3) is 0 Å². The van der Waals surface area contributed by atoms with Crippen LogP contribution in [0.2, 0.25) is 0 Å². The number of hydrogen-bond donors (Lipinski definition) is 1. The number of imidazole rings is 1. The summed E-state index contributed by atoms with van der Waals surface area (Å²) in [6.07, 6.45) is 6.06. The Hall–Kier alpha value is -1.82. The molecule has 2 heterocycles. The second-order valence-corrected chi connectivity index (χ2v) is 5.23. The van der Waals surface area contributed by atoms with Crippen molar-refractivity contribution in [3.8, 4) is 0 Å². The van der Waals surface area contributed by atoms with Gasteiger partial charge in [0.05, 0.1) is 11.4 Å². The molecule has 0 unspecified atom stereocenters. The maximum absolute atomic E-state index is 5.11. The lowest BCUT2D eigenvalue weighted by Crippen LogP contribution is -2.09. The summed E-state index contributed by atoms with van der Waals surface area (Å²) in [6, 6.07) is 0. The van der Waals surface area contributed by atoms with Gasteiger partial charge in [0.25, 0.3) is 0 Å². The molecule has 2 aromatic rings.